The Hall–Kier alpha value is -0.380. The van der Waals surface area contributed by atoms with Crippen molar-refractivity contribution in [2.45, 2.75) is 18.7 Å². The minimum Gasteiger partial charge on any atom is -0.207 e. The maximum atomic E-state index is 12.8. The normalized spacial score (nSPS) is 12.7. The van der Waals surface area contributed by atoms with Crippen LogP contribution in [0.25, 0.3) is 0 Å². The van der Waals surface area contributed by atoms with Crippen molar-refractivity contribution in [1.29, 1.82) is 0 Å². The van der Waals surface area contributed by atoms with Gasteiger partial charge in [0.15, 0.2) is 0 Å². The highest BCUT2D eigenvalue weighted by atomic mass is 79.9. The van der Waals surface area contributed by atoms with Gasteiger partial charge < -0.3 is 0 Å². The number of hydrogen-bond acceptors (Lipinski definition) is 1. The van der Waals surface area contributed by atoms with E-state index in [1.807, 2.05) is 0 Å². The van der Waals surface area contributed by atoms with E-state index in [9.17, 15) is 4.39 Å². The lowest BCUT2D eigenvalue weighted by Gasteiger charge is -2.07. The Bertz CT molecular complexity index is 487. The molecule has 0 saturated carbocycles. The van der Waals surface area contributed by atoms with Crippen molar-refractivity contribution in [2.75, 3.05) is 0 Å². The van der Waals surface area contributed by atoms with Gasteiger partial charge in [0.1, 0.15) is 5.82 Å². The van der Waals surface area contributed by atoms with E-state index in [4.69, 9.17) is 11.6 Å². The SMILES string of the molecule is Cc1sc(C(Cl)Cc2ccc(F)cc2)cc1Br. The molecule has 0 N–H and O–H groups in total. The van der Waals surface area contributed by atoms with Gasteiger partial charge in [-0.1, -0.05) is 12.1 Å². The average molecular weight is 334 g/mol. The van der Waals surface area contributed by atoms with Crippen LogP contribution >= 0.6 is 38.9 Å². The summed E-state index contributed by atoms with van der Waals surface area (Å²) < 4.78 is 13.9. The zero-order valence-electron chi connectivity index (χ0n) is 9.21. The van der Waals surface area contributed by atoms with E-state index in [-0.39, 0.29) is 11.2 Å². The van der Waals surface area contributed by atoms with Crippen molar-refractivity contribution < 1.29 is 4.39 Å². The molecule has 1 atom stereocenters. The van der Waals surface area contributed by atoms with Gasteiger partial charge in [0, 0.05) is 14.2 Å². The number of thiophene rings is 1. The van der Waals surface area contributed by atoms with Crippen molar-refractivity contribution in [3.05, 3.63) is 55.9 Å². The molecule has 0 fully saturated rings. The molecule has 0 amide bonds. The van der Waals surface area contributed by atoms with Gasteiger partial charge in [0.25, 0.3) is 0 Å². The Morgan fingerprint density at radius 3 is 2.53 bits per heavy atom. The summed E-state index contributed by atoms with van der Waals surface area (Å²) in [5.74, 6) is -0.213. The van der Waals surface area contributed by atoms with Gasteiger partial charge in [-0.15, -0.1) is 22.9 Å². The first-order chi connectivity index (χ1) is 8.06. The standard InChI is InChI=1S/C13H11BrClFS/c1-8-11(14)7-13(17-8)12(15)6-9-2-4-10(16)5-3-9/h2-5,7,12H,6H2,1H3. The summed E-state index contributed by atoms with van der Waals surface area (Å²) in [7, 11) is 0. The quantitative estimate of drug-likeness (QED) is 0.652. The zero-order chi connectivity index (χ0) is 12.4. The molecule has 1 aromatic heterocycles. The fourth-order valence-corrected chi connectivity index (χ4v) is 3.48. The lowest BCUT2D eigenvalue weighted by molar-refractivity contribution is 0.627. The fourth-order valence-electron chi connectivity index (χ4n) is 1.56. The van der Waals surface area contributed by atoms with E-state index < -0.39 is 0 Å². The monoisotopic (exact) mass is 332 g/mol. The third-order valence-electron chi connectivity index (χ3n) is 2.51. The highest BCUT2D eigenvalue weighted by Gasteiger charge is 2.13. The topological polar surface area (TPSA) is 0 Å². The lowest BCUT2D eigenvalue weighted by Crippen LogP contribution is -1.93. The summed E-state index contributed by atoms with van der Waals surface area (Å²) in [6.45, 7) is 2.06. The summed E-state index contributed by atoms with van der Waals surface area (Å²) in [4.78, 5) is 2.37. The maximum absolute atomic E-state index is 12.8. The molecule has 0 aliphatic rings. The molecule has 0 spiro atoms. The van der Waals surface area contributed by atoms with Gasteiger partial charge in [0.2, 0.25) is 0 Å². The third-order valence-corrected chi connectivity index (χ3v) is 5.28. The molecule has 0 nitrogen and oxygen atoms in total. The predicted octanol–water partition coefficient (Wildman–Crippen LogP) is 5.48. The first-order valence-corrected chi connectivity index (χ1v) is 7.25. The van der Waals surface area contributed by atoms with Crippen LogP contribution in [0.4, 0.5) is 4.39 Å². The lowest BCUT2D eigenvalue weighted by atomic mass is 10.1. The first kappa shape index (κ1) is 13.1. The van der Waals surface area contributed by atoms with Crippen molar-refractivity contribution in [1.82, 2.24) is 0 Å². The fraction of sp³-hybridized carbons (Fsp3) is 0.231. The molecule has 0 aliphatic heterocycles. The molecule has 4 heteroatoms. The van der Waals surface area contributed by atoms with Crippen LogP contribution in [0.5, 0.6) is 0 Å². The van der Waals surface area contributed by atoms with Gasteiger partial charge in [0.05, 0.1) is 5.38 Å². The van der Waals surface area contributed by atoms with Crippen LogP contribution in [0.1, 0.15) is 20.7 Å². The van der Waals surface area contributed by atoms with Gasteiger partial charge in [-0.05, 0) is 53.0 Å². The Morgan fingerprint density at radius 2 is 2.00 bits per heavy atom. The van der Waals surface area contributed by atoms with E-state index in [0.717, 1.165) is 14.9 Å². The van der Waals surface area contributed by atoms with Crippen molar-refractivity contribution in [2.24, 2.45) is 0 Å². The molecule has 17 heavy (non-hydrogen) atoms. The molecule has 0 saturated heterocycles. The molecule has 90 valence electrons. The number of benzene rings is 1. The average Bonchev–Trinajstić information content (AvgIpc) is 2.63. The van der Waals surface area contributed by atoms with E-state index in [1.165, 1.54) is 17.0 Å². The first-order valence-electron chi connectivity index (χ1n) is 5.20. The van der Waals surface area contributed by atoms with E-state index in [2.05, 4.69) is 28.9 Å². The Labute approximate surface area is 118 Å². The van der Waals surface area contributed by atoms with Crippen LogP contribution in [0.3, 0.4) is 0 Å². The smallest absolute Gasteiger partial charge is 0.123 e. The molecule has 1 unspecified atom stereocenters. The van der Waals surface area contributed by atoms with Crippen molar-refractivity contribution in [3.8, 4) is 0 Å². The van der Waals surface area contributed by atoms with Crippen LogP contribution < -0.4 is 0 Å². The van der Waals surface area contributed by atoms with Crippen LogP contribution in [0.2, 0.25) is 0 Å². The molecule has 2 rings (SSSR count). The minimum atomic E-state index is -0.213. The van der Waals surface area contributed by atoms with Crippen LogP contribution in [0.15, 0.2) is 34.8 Å². The summed E-state index contributed by atoms with van der Waals surface area (Å²) in [6, 6.07) is 8.55. The van der Waals surface area contributed by atoms with Gasteiger partial charge in [-0.2, -0.15) is 0 Å². The van der Waals surface area contributed by atoms with Gasteiger partial charge in [-0.3, -0.25) is 0 Å². The molecular weight excluding hydrogens is 323 g/mol. The summed E-state index contributed by atoms with van der Waals surface area (Å²) in [5.41, 5.74) is 1.05. The number of hydrogen-bond donors (Lipinski definition) is 0. The number of rotatable bonds is 3. The van der Waals surface area contributed by atoms with Gasteiger partial charge >= 0.3 is 0 Å². The molecule has 0 radical (unpaired) electrons. The van der Waals surface area contributed by atoms with E-state index in [1.54, 1.807) is 23.5 Å². The van der Waals surface area contributed by atoms with Crippen LogP contribution in [-0.4, -0.2) is 0 Å². The van der Waals surface area contributed by atoms with Crippen LogP contribution in [0, 0.1) is 12.7 Å². The zero-order valence-corrected chi connectivity index (χ0v) is 12.4. The summed E-state index contributed by atoms with van der Waals surface area (Å²) in [6.07, 6.45) is 0.716. The summed E-state index contributed by atoms with van der Waals surface area (Å²) in [5, 5.41) is -0.0598. The Kier molecular flexibility index (Phi) is 4.23. The van der Waals surface area contributed by atoms with Crippen molar-refractivity contribution >= 4 is 38.9 Å². The van der Waals surface area contributed by atoms with E-state index in [0.29, 0.717) is 6.42 Å². The highest BCUT2D eigenvalue weighted by molar-refractivity contribution is 9.10. The van der Waals surface area contributed by atoms with Crippen molar-refractivity contribution in [3.63, 3.8) is 0 Å². The second kappa shape index (κ2) is 5.51. The maximum Gasteiger partial charge on any atom is 0.123 e. The number of halogens is 3. The van der Waals surface area contributed by atoms with E-state index >= 15 is 0 Å². The predicted molar refractivity (Wildman–Crippen MR) is 75.5 cm³/mol. The number of aryl methyl sites for hydroxylation is 1. The second-order valence-electron chi connectivity index (χ2n) is 3.85. The molecule has 0 bridgehead atoms. The minimum absolute atomic E-state index is 0.0598. The third kappa shape index (κ3) is 3.30. The molecule has 1 aromatic carbocycles. The molecular formula is C13H11BrClFS. The number of alkyl halides is 1. The van der Waals surface area contributed by atoms with Gasteiger partial charge in [-0.25, -0.2) is 4.39 Å². The summed E-state index contributed by atoms with van der Waals surface area (Å²) >= 11 is 11.5. The molecule has 1 heterocycles. The highest BCUT2D eigenvalue weighted by Crippen LogP contribution is 2.35. The molecule has 0 aliphatic carbocycles. The Balaban J connectivity index is 2.11. The largest absolute Gasteiger partial charge is 0.207 e. The van der Waals surface area contributed by atoms with Crippen LogP contribution in [-0.2, 0) is 6.42 Å². The molecule has 2 aromatic rings. The second-order valence-corrected chi connectivity index (χ2v) is 6.52. The Morgan fingerprint density at radius 1 is 1.35 bits per heavy atom.